The van der Waals surface area contributed by atoms with E-state index in [0.29, 0.717) is 18.7 Å². The first-order valence-electron chi connectivity index (χ1n) is 5.30. The smallest absolute Gasteiger partial charge is 0.323 e. The van der Waals surface area contributed by atoms with Crippen molar-refractivity contribution in [1.82, 2.24) is 5.32 Å². The lowest BCUT2D eigenvalue weighted by Crippen LogP contribution is -2.47. The van der Waals surface area contributed by atoms with Crippen LogP contribution in [0.25, 0.3) is 0 Å². The number of alkyl halides is 3. The van der Waals surface area contributed by atoms with Gasteiger partial charge in [-0.05, 0) is 19.3 Å². The number of hydrogen-bond donors (Lipinski definition) is 2. The van der Waals surface area contributed by atoms with E-state index < -0.39 is 22.8 Å². The van der Waals surface area contributed by atoms with Crippen LogP contribution in [-0.2, 0) is 4.79 Å². The van der Waals surface area contributed by atoms with Crippen molar-refractivity contribution in [3.63, 3.8) is 0 Å². The van der Waals surface area contributed by atoms with Crippen molar-refractivity contribution < 1.29 is 18.7 Å². The Labute approximate surface area is 97.2 Å². The van der Waals surface area contributed by atoms with Gasteiger partial charge in [-0.1, -0.05) is 0 Å². The third-order valence-corrected chi connectivity index (χ3v) is 4.03. The molecular weight excluding hydrogens is 240 g/mol. The molecule has 2 rings (SSSR count). The van der Waals surface area contributed by atoms with E-state index in [1.165, 1.54) is 0 Å². The molecular formula is C10H14ClF2NO2. The van der Waals surface area contributed by atoms with Crippen LogP contribution in [0, 0.1) is 5.41 Å². The van der Waals surface area contributed by atoms with E-state index in [2.05, 4.69) is 5.32 Å². The van der Waals surface area contributed by atoms with E-state index in [1.54, 1.807) is 0 Å². The molecule has 2 aliphatic rings. The Bertz CT molecular complexity index is 326. The quantitative estimate of drug-likeness (QED) is 0.752. The molecule has 0 aromatic carbocycles. The monoisotopic (exact) mass is 253 g/mol. The lowest BCUT2D eigenvalue weighted by molar-refractivity contribution is -0.144. The van der Waals surface area contributed by atoms with Gasteiger partial charge in [0.2, 0.25) is 0 Å². The van der Waals surface area contributed by atoms with Crippen LogP contribution in [0.5, 0.6) is 0 Å². The number of carbonyl (C=O) groups is 1. The lowest BCUT2D eigenvalue weighted by Gasteiger charge is -2.24. The third kappa shape index (κ3) is 1.61. The van der Waals surface area contributed by atoms with Gasteiger partial charge in [-0.15, -0.1) is 11.6 Å². The van der Waals surface area contributed by atoms with Crippen molar-refractivity contribution in [2.24, 2.45) is 5.41 Å². The summed E-state index contributed by atoms with van der Waals surface area (Å²) in [6, 6.07) is 0. The Morgan fingerprint density at radius 2 is 2.06 bits per heavy atom. The zero-order valence-corrected chi connectivity index (χ0v) is 9.49. The Morgan fingerprint density at radius 3 is 2.44 bits per heavy atom. The van der Waals surface area contributed by atoms with E-state index in [4.69, 9.17) is 11.6 Å². The predicted octanol–water partition coefficient (Wildman–Crippen LogP) is 1.85. The van der Waals surface area contributed by atoms with E-state index in [9.17, 15) is 18.7 Å². The van der Waals surface area contributed by atoms with Gasteiger partial charge in [0.05, 0.1) is 5.41 Å². The molecule has 16 heavy (non-hydrogen) atoms. The molecule has 1 spiro atoms. The fraction of sp³-hybridized carbons (Fsp3) is 0.900. The highest BCUT2D eigenvalue weighted by Gasteiger charge is 2.75. The molecule has 1 heterocycles. The molecule has 6 heteroatoms. The summed E-state index contributed by atoms with van der Waals surface area (Å²) in [5, 5.41) is 11.9. The highest BCUT2D eigenvalue weighted by Crippen LogP contribution is 2.66. The van der Waals surface area contributed by atoms with Crippen molar-refractivity contribution in [2.75, 3.05) is 12.4 Å². The zero-order chi connectivity index (χ0) is 12.0. The molecule has 1 saturated heterocycles. The largest absolute Gasteiger partial charge is 0.480 e. The van der Waals surface area contributed by atoms with E-state index in [0.717, 1.165) is 0 Å². The molecule has 0 amide bonds. The lowest BCUT2D eigenvalue weighted by atomic mass is 9.87. The molecule has 0 aromatic rings. The maximum Gasteiger partial charge on any atom is 0.323 e. The molecule has 1 aliphatic heterocycles. The molecule has 92 valence electrons. The highest BCUT2D eigenvalue weighted by molar-refractivity contribution is 6.17. The fourth-order valence-electron chi connectivity index (χ4n) is 2.61. The topological polar surface area (TPSA) is 49.3 Å². The van der Waals surface area contributed by atoms with Gasteiger partial charge in [0.15, 0.2) is 0 Å². The van der Waals surface area contributed by atoms with Gasteiger partial charge >= 0.3 is 5.97 Å². The van der Waals surface area contributed by atoms with Crippen molar-refractivity contribution in [2.45, 2.75) is 37.1 Å². The summed E-state index contributed by atoms with van der Waals surface area (Å²) in [5.41, 5.74) is -2.31. The Hall–Kier alpha value is -0.420. The van der Waals surface area contributed by atoms with E-state index in [-0.39, 0.29) is 19.4 Å². The molecule has 0 bridgehead atoms. The van der Waals surface area contributed by atoms with Crippen molar-refractivity contribution in [3.8, 4) is 0 Å². The second-order valence-electron chi connectivity index (χ2n) is 4.87. The normalized spacial score (nSPS) is 40.2. The Kier molecular flexibility index (Phi) is 2.66. The second kappa shape index (κ2) is 3.53. The number of rotatable bonds is 4. The average molecular weight is 254 g/mol. The van der Waals surface area contributed by atoms with Gasteiger partial charge in [-0.25, -0.2) is 8.78 Å². The van der Waals surface area contributed by atoms with Gasteiger partial charge in [-0.2, -0.15) is 0 Å². The summed E-state index contributed by atoms with van der Waals surface area (Å²) in [6.45, 7) is 0.0919. The number of carboxylic acids is 1. The minimum absolute atomic E-state index is 0.0131. The van der Waals surface area contributed by atoms with Crippen LogP contribution >= 0.6 is 11.6 Å². The zero-order valence-electron chi connectivity index (χ0n) is 8.73. The van der Waals surface area contributed by atoms with E-state index >= 15 is 0 Å². The molecule has 1 aliphatic carbocycles. The summed E-state index contributed by atoms with van der Waals surface area (Å²) in [5.74, 6) is -3.39. The summed E-state index contributed by atoms with van der Waals surface area (Å²) in [7, 11) is 0. The molecule has 1 saturated carbocycles. The molecule has 0 aromatic heterocycles. The standard InChI is InChI=1S/C10H14ClF2NO2/c11-3-1-2-9(7(15)16)4-8(6-14-9)5-10(8,12)13/h14H,1-6H2,(H,15,16). The van der Waals surface area contributed by atoms with E-state index in [1.807, 2.05) is 0 Å². The third-order valence-electron chi connectivity index (χ3n) is 3.76. The van der Waals surface area contributed by atoms with Crippen LogP contribution in [-0.4, -0.2) is 35.0 Å². The molecule has 2 fully saturated rings. The van der Waals surface area contributed by atoms with Gasteiger partial charge in [0.25, 0.3) is 5.92 Å². The SMILES string of the molecule is O=C(O)C1(CCCCl)CC2(CN1)CC2(F)F. The summed E-state index contributed by atoms with van der Waals surface area (Å²) in [6.07, 6.45) is 0.647. The number of aliphatic carboxylic acids is 1. The van der Waals surface area contributed by atoms with Crippen LogP contribution in [0.15, 0.2) is 0 Å². The van der Waals surface area contributed by atoms with Gasteiger partial charge in [-0.3, -0.25) is 4.79 Å². The van der Waals surface area contributed by atoms with Crippen LogP contribution in [0.4, 0.5) is 8.78 Å². The number of halogens is 3. The first-order valence-corrected chi connectivity index (χ1v) is 5.83. The molecule has 0 radical (unpaired) electrons. The first kappa shape index (κ1) is 12.0. The summed E-state index contributed by atoms with van der Waals surface area (Å²) < 4.78 is 26.3. The molecule has 2 atom stereocenters. The van der Waals surface area contributed by atoms with Crippen molar-refractivity contribution in [3.05, 3.63) is 0 Å². The number of hydrogen-bond acceptors (Lipinski definition) is 2. The van der Waals surface area contributed by atoms with Crippen LogP contribution in [0.2, 0.25) is 0 Å². The molecule has 2 unspecified atom stereocenters. The minimum Gasteiger partial charge on any atom is -0.480 e. The predicted molar refractivity (Wildman–Crippen MR) is 54.9 cm³/mol. The molecule has 2 N–H and O–H groups in total. The maximum atomic E-state index is 13.2. The van der Waals surface area contributed by atoms with Gasteiger partial charge in [0, 0.05) is 18.8 Å². The van der Waals surface area contributed by atoms with Crippen molar-refractivity contribution >= 4 is 17.6 Å². The average Bonchev–Trinajstić information content (AvgIpc) is 2.58. The van der Waals surface area contributed by atoms with Crippen molar-refractivity contribution in [1.29, 1.82) is 0 Å². The second-order valence-corrected chi connectivity index (χ2v) is 5.25. The van der Waals surface area contributed by atoms with Crippen LogP contribution in [0.1, 0.15) is 25.7 Å². The van der Waals surface area contributed by atoms with Crippen LogP contribution in [0.3, 0.4) is 0 Å². The van der Waals surface area contributed by atoms with Gasteiger partial charge < -0.3 is 10.4 Å². The van der Waals surface area contributed by atoms with Gasteiger partial charge in [0.1, 0.15) is 5.54 Å². The minimum atomic E-state index is -2.70. The first-order chi connectivity index (χ1) is 7.38. The Morgan fingerprint density at radius 1 is 1.44 bits per heavy atom. The summed E-state index contributed by atoms with van der Waals surface area (Å²) in [4.78, 5) is 11.2. The Balaban J connectivity index is 2.10. The summed E-state index contributed by atoms with van der Waals surface area (Å²) >= 11 is 5.52. The fourth-order valence-corrected chi connectivity index (χ4v) is 2.74. The highest BCUT2D eigenvalue weighted by atomic mass is 35.5. The maximum absolute atomic E-state index is 13.2. The molecule has 3 nitrogen and oxygen atoms in total. The number of carboxylic acid groups (broad SMARTS) is 1. The van der Waals surface area contributed by atoms with Crippen LogP contribution < -0.4 is 5.32 Å². The number of nitrogens with one attached hydrogen (secondary N) is 1.